The van der Waals surface area contributed by atoms with E-state index in [-0.39, 0.29) is 29.3 Å². The van der Waals surface area contributed by atoms with Gasteiger partial charge in [-0.3, -0.25) is 14.9 Å². The van der Waals surface area contributed by atoms with Crippen LogP contribution in [0, 0.1) is 0 Å². The van der Waals surface area contributed by atoms with Crippen LogP contribution in [0.1, 0.15) is 69.4 Å². The van der Waals surface area contributed by atoms with E-state index in [0.29, 0.717) is 30.8 Å². The predicted octanol–water partition coefficient (Wildman–Crippen LogP) is 4.71. The monoisotopic (exact) mass is 485 g/mol. The van der Waals surface area contributed by atoms with Crippen LogP contribution < -0.4 is 10.6 Å². The maximum atomic E-state index is 12.9. The minimum atomic E-state index is -4.40. The summed E-state index contributed by atoms with van der Waals surface area (Å²) in [5.41, 5.74) is -0.301. The van der Waals surface area contributed by atoms with E-state index in [1.165, 1.54) is 25.3 Å². The summed E-state index contributed by atoms with van der Waals surface area (Å²) in [6.45, 7) is 3.60. The molecule has 1 unspecified atom stereocenters. The molecule has 0 aliphatic carbocycles. The van der Waals surface area contributed by atoms with E-state index < -0.39 is 11.7 Å². The Bertz CT molecular complexity index is 810. The first-order valence-corrected chi connectivity index (χ1v) is 12.8. The van der Waals surface area contributed by atoms with Gasteiger partial charge in [-0.15, -0.1) is 11.8 Å². The number of unbranched alkanes of at least 4 members (excludes halogenated alkanes) is 4. The van der Waals surface area contributed by atoms with E-state index in [2.05, 4.69) is 17.6 Å². The SMILES string of the molecule is CCCCCCCC(=O)N1CCC2(CC1)NC(C(=O)NCc1cccc(C(F)(F)F)c1)CS2. The van der Waals surface area contributed by atoms with Gasteiger partial charge in [0.1, 0.15) is 0 Å². The van der Waals surface area contributed by atoms with Gasteiger partial charge in [-0.05, 0) is 37.0 Å². The molecule has 0 bridgehead atoms. The average Bonchev–Trinajstić information content (AvgIpc) is 3.21. The van der Waals surface area contributed by atoms with Crippen LogP contribution in [0.5, 0.6) is 0 Å². The Labute approximate surface area is 198 Å². The Morgan fingerprint density at radius 1 is 1.18 bits per heavy atom. The largest absolute Gasteiger partial charge is 0.416 e. The van der Waals surface area contributed by atoms with Crippen molar-refractivity contribution in [2.45, 2.75) is 81.9 Å². The van der Waals surface area contributed by atoms with Crippen LogP contribution >= 0.6 is 11.8 Å². The molecule has 2 aliphatic heterocycles. The number of carbonyl (C=O) groups excluding carboxylic acids is 2. The molecule has 184 valence electrons. The van der Waals surface area contributed by atoms with Crippen molar-refractivity contribution in [3.8, 4) is 0 Å². The highest BCUT2D eigenvalue weighted by atomic mass is 32.2. The second kappa shape index (κ2) is 11.6. The van der Waals surface area contributed by atoms with Crippen molar-refractivity contribution in [2.24, 2.45) is 0 Å². The lowest BCUT2D eigenvalue weighted by Gasteiger charge is -2.39. The lowest BCUT2D eigenvalue weighted by atomic mass is 10.0. The molecule has 2 heterocycles. The molecule has 2 amide bonds. The van der Waals surface area contributed by atoms with Crippen LogP contribution in [0.3, 0.4) is 0 Å². The number of thioether (sulfide) groups is 1. The number of nitrogens with zero attached hydrogens (tertiary/aromatic N) is 1. The molecular formula is C24H34F3N3O2S. The Kier molecular flexibility index (Phi) is 9.09. The van der Waals surface area contributed by atoms with Gasteiger partial charge in [0, 0.05) is 31.8 Å². The Hall–Kier alpha value is -1.74. The number of halogens is 3. The zero-order chi connectivity index (χ0) is 23.9. The van der Waals surface area contributed by atoms with Crippen LogP contribution in [-0.2, 0) is 22.3 Å². The molecule has 2 N–H and O–H groups in total. The topological polar surface area (TPSA) is 61.4 Å². The van der Waals surface area contributed by atoms with Crippen molar-refractivity contribution in [1.82, 2.24) is 15.5 Å². The first-order valence-electron chi connectivity index (χ1n) is 11.9. The summed E-state index contributed by atoms with van der Waals surface area (Å²) in [5.74, 6) is 0.627. The van der Waals surface area contributed by atoms with E-state index in [1.807, 2.05) is 4.90 Å². The van der Waals surface area contributed by atoms with E-state index in [9.17, 15) is 22.8 Å². The fourth-order valence-electron chi connectivity index (χ4n) is 4.40. The second-order valence-corrected chi connectivity index (χ2v) is 10.4. The number of rotatable bonds is 9. The average molecular weight is 486 g/mol. The number of nitrogens with one attached hydrogen (secondary N) is 2. The molecule has 1 aromatic rings. The van der Waals surface area contributed by atoms with Crippen LogP contribution in [0.25, 0.3) is 0 Å². The third-order valence-corrected chi connectivity index (χ3v) is 8.00. The summed E-state index contributed by atoms with van der Waals surface area (Å²) < 4.78 is 38.6. The lowest BCUT2D eigenvalue weighted by Crippen LogP contribution is -2.54. The van der Waals surface area contributed by atoms with Crippen LogP contribution in [0.2, 0.25) is 0 Å². The zero-order valence-corrected chi connectivity index (χ0v) is 20.0. The van der Waals surface area contributed by atoms with Gasteiger partial charge < -0.3 is 10.2 Å². The number of benzene rings is 1. The Morgan fingerprint density at radius 3 is 2.61 bits per heavy atom. The summed E-state index contributed by atoms with van der Waals surface area (Å²) >= 11 is 1.71. The summed E-state index contributed by atoms with van der Waals surface area (Å²) in [4.78, 5) is 26.8. The second-order valence-electron chi connectivity index (χ2n) is 8.96. The minimum absolute atomic E-state index is 0.0547. The molecule has 2 fully saturated rings. The van der Waals surface area contributed by atoms with Gasteiger partial charge in [0.05, 0.1) is 16.5 Å². The van der Waals surface area contributed by atoms with Crippen LogP contribution in [0.4, 0.5) is 13.2 Å². The van der Waals surface area contributed by atoms with Crippen molar-refractivity contribution < 1.29 is 22.8 Å². The molecular weight excluding hydrogens is 451 g/mol. The van der Waals surface area contributed by atoms with Crippen LogP contribution in [-0.4, -0.2) is 46.5 Å². The van der Waals surface area contributed by atoms with Crippen molar-refractivity contribution in [3.05, 3.63) is 35.4 Å². The number of alkyl halides is 3. The third-order valence-electron chi connectivity index (χ3n) is 6.42. The van der Waals surface area contributed by atoms with Gasteiger partial charge in [-0.1, -0.05) is 44.7 Å². The molecule has 2 saturated heterocycles. The molecule has 0 saturated carbocycles. The highest BCUT2D eigenvalue weighted by Crippen LogP contribution is 2.39. The minimum Gasteiger partial charge on any atom is -0.351 e. The molecule has 3 rings (SSSR count). The van der Waals surface area contributed by atoms with E-state index in [1.54, 1.807) is 17.8 Å². The number of piperidine rings is 1. The Balaban J connectivity index is 1.41. The molecule has 1 spiro atoms. The normalized spacial score (nSPS) is 20.2. The molecule has 9 heteroatoms. The van der Waals surface area contributed by atoms with Gasteiger partial charge in [-0.25, -0.2) is 0 Å². The number of likely N-dealkylation sites (tertiary alicyclic amines) is 1. The fourth-order valence-corrected chi connectivity index (χ4v) is 5.82. The lowest BCUT2D eigenvalue weighted by molar-refractivity contribution is -0.137. The summed E-state index contributed by atoms with van der Waals surface area (Å²) in [6.07, 6.45) is 3.43. The highest BCUT2D eigenvalue weighted by molar-refractivity contribution is 8.01. The van der Waals surface area contributed by atoms with Crippen LogP contribution in [0.15, 0.2) is 24.3 Å². The quantitative estimate of drug-likeness (QED) is 0.498. The van der Waals surface area contributed by atoms with E-state index in [0.717, 1.165) is 37.8 Å². The van der Waals surface area contributed by atoms with Crippen molar-refractivity contribution in [3.63, 3.8) is 0 Å². The number of hydrogen-bond donors (Lipinski definition) is 2. The number of hydrogen-bond acceptors (Lipinski definition) is 4. The maximum Gasteiger partial charge on any atom is 0.416 e. The summed E-state index contributed by atoms with van der Waals surface area (Å²) in [5, 5.41) is 6.20. The van der Waals surface area contributed by atoms with Crippen molar-refractivity contribution >= 4 is 23.6 Å². The van der Waals surface area contributed by atoms with Crippen molar-refractivity contribution in [1.29, 1.82) is 0 Å². The maximum absolute atomic E-state index is 12.9. The molecule has 2 aliphatic rings. The molecule has 33 heavy (non-hydrogen) atoms. The van der Waals surface area contributed by atoms with E-state index >= 15 is 0 Å². The van der Waals surface area contributed by atoms with Gasteiger partial charge in [-0.2, -0.15) is 13.2 Å². The third kappa shape index (κ3) is 7.37. The molecule has 0 aromatic heterocycles. The zero-order valence-electron chi connectivity index (χ0n) is 19.2. The summed E-state index contributed by atoms with van der Waals surface area (Å²) in [7, 11) is 0. The predicted molar refractivity (Wildman–Crippen MR) is 125 cm³/mol. The first-order chi connectivity index (χ1) is 15.7. The first kappa shape index (κ1) is 25.9. The fraction of sp³-hybridized carbons (Fsp3) is 0.667. The summed E-state index contributed by atoms with van der Waals surface area (Å²) in [6, 6.07) is 4.62. The molecule has 0 radical (unpaired) electrons. The smallest absolute Gasteiger partial charge is 0.351 e. The highest BCUT2D eigenvalue weighted by Gasteiger charge is 2.44. The van der Waals surface area contributed by atoms with Gasteiger partial charge >= 0.3 is 6.18 Å². The van der Waals surface area contributed by atoms with Gasteiger partial charge in [0.25, 0.3) is 0 Å². The van der Waals surface area contributed by atoms with Gasteiger partial charge in [0.2, 0.25) is 11.8 Å². The van der Waals surface area contributed by atoms with E-state index in [4.69, 9.17) is 0 Å². The molecule has 1 atom stereocenters. The molecule has 5 nitrogen and oxygen atoms in total. The Morgan fingerprint density at radius 2 is 1.91 bits per heavy atom. The van der Waals surface area contributed by atoms with Crippen molar-refractivity contribution in [2.75, 3.05) is 18.8 Å². The van der Waals surface area contributed by atoms with Gasteiger partial charge in [0.15, 0.2) is 0 Å². The number of amides is 2. The number of carbonyl (C=O) groups is 2. The standard InChI is InChI=1S/C24H34F3N3O2S/c1-2-3-4-5-6-10-21(31)30-13-11-23(12-14-30)29-20(17-33-23)22(32)28-16-18-8-7-9-19(15-18)24(25,26)27/h7-9,15,20,29H,2-6,10-14,16-17H2,1H3,(H,28,32). The molecule has 1 aromatic carbocycles.